The number of nitrogens with one attached hydrogen (secondary N) is 1. The van der Waals surface area contributed by atoms with Gasteiger partial charge in [0.1, 0.15) is 12.6 Å². The number of rotatable bonds is 2. The molecule has 0 spiro atoms. The summed E-state index contributed by atoms with van der Waals surface area (Å²) in [5.41, 5.74) is 1.13. The number of nitrogens with zero attached hydrogens (tertiary/aromatic N) is 2. The number of carbonyl (C=O) groups is 2. The van der Waals surface area contributed by atoms with Gasteiger partial charge in [-0.05, 0) is 6.07 Å². The molecule has 5 nitrogen and oxygen atoms in total. The Balaban J connectivity index is 2.51. The SMILES string of the molecule is CC(=O)N[C@@H]1C(=O)N(CC#N)c2c(Cl)cccc21. The molecule has 0 saturated heterocycles. The lowest BCUT2D eigenvalue weighted by Gasteiger charge is -2.14. The fourth-order valence-corrected chi connectivity index (χ4v) is 2.30. The largest absolute Gasteiger partial charge is 0.341 e. The van der Waals surface area contributed by atoms with E-state index in [4.69, 9.17) is 16.9 Å². The lowest BCUT2D eigenvalue weighted by Crippen LogP contribution is -2.36. The van der Waals surface area contributed by atoms with Crippen LogP contribution in [0.3, 0.4) is 0 Å². The van der Waals surface area contributed by atoms with E-state index in [0.29, 0.717) is 16.3 Å². The van der Waals surface area contributed by atoms with E-state index in [1.54, 1.807) is 18.2 Å². The van der Waals surface area contributed by atoms with Gasteiger partial charge < -0.3 is 5.32 Å². The number of hydrogen-bond donors (Lipinski definition) is 1. The fourth-order valence-electron chi connectivity index (χ4n) is 2.02. The second kappa shape index (κ2) is 4.67. The van der Waals surface area contributed by atoms with Crippen molar-refractivity contribution >= 4 is 29.1 Å². The molecular formula is C12H10ClN3O2. The zero-order valence-electron chi connectivity index (χ0n) is 9.61. The number of nitriles is 1. The number of anilines is 1. The van der Waals surface area contributed by atoms with E-state index in [-0.39, 0.29) is 18.4 Å². The van der Waals surface area contributed by atoms with E-state index in [1.165, 1.54) is 11.8 Å². The van der Waals surface area contributed by atoms with Crippen molar-refractivity contribution in [3.8, 4) is 6.07 Å². The number of halogens is 1. The van der Waals surface area contributed by atoms with Gasteiger partial charge in [-0.25, -0.2) is 0 Å². The first-order chi connectivity index (χ1) is 8.56. The van der Waals surface area contributed by atoms with Crippen LogP contribution in [0.5, 0.6) is 0 Å². The molecule has 1 aliphatic rings. The molecular weight excluding hydrogens is 254 g/mol. The standard InChI is InChI=1S/C12H10ClN3O2/c1-7(17)15-10-8-3-2-4-9(13)11(8)16(6-5-14)12(10)18/h2-4,10H,6H2,1H3,(H,15,17)/t10-/m0/s1. The molecule has 0 saturated carbocycles. The maximum atomic E-state index is 12.1. The zero-order valence-corrected chi connectivity index (χ0v) is 10.4. The molecule has 2 rings (SSSR count). The van der Waals surface area contributed by atoms with E-state index in [1.807, 2.05) is 6.07 Å². The van der Waals surface area contributed by atoms with Crippen molar-refractivity contribution in [1.29, 1.82) is 5.26 Å². The van der Waals surface area contributed by atoms with Crippen LogP contribution >= 0.6 is 11.6 Å². The average molecular weight is 264 g/mol. The van der Waals surface area contributed by atoms with Gasteiger partial charge in [0.2, 0.25) is 5.91 Å². The number of para-hydroxylation sites is 1. The van der Waals surface area contributed by atoms with Crippen LogP contribution in [-0.2, 0) is 9.59 Å². The molecule has 0 bridgehead atoms. The summed E-state index contributed by atoms with van der Waals surface area (Å²) in [5.74, 6) is -0.645. The molecule has 0 fully saturated rings. The van der Waals surface area contributed by atoms with Gasteiger partial charge in [-0.15, -0.1) is 0 Å². The summed E-state index contributed by atoms with van der Waals surface area (Å²) in [6, 6.07) is 6.23. The van der Waals surface area contributed by atoms with Crippen LogP contribution in [0.1, 0.15) is 18.5 Å². The molecule has 0 unspecified atom stereocenters. The van der Waals surface area contributed by atoms with Gasteiger partial charge in [-0.1, -0.05) is 23.7 Å². The molecule has 1 aromatic rings. The summed E-state index contributed by atoms with van der Waals surface area (Å²) in [6.45, 7) is 1.25. The molecule has 6 heteroatoms. The number of amides is 2. The Morgan fingerprint density at radius 2 is 2.33 bits per heavy atom. The molecule has 18 heavy (non-hydrogen) atoms. The van der Waals surface area contributed by atoms with E-state index >= 15 is 0 Å². The Labute approximate surface area is 109 Å². The number of carbonyl (C=O) groups excluding carboxylic acids is 2. The molecule has 1 aliphatic heterocycles. The highest BCUT2D eigenvalue weighted by molar-refractivity contribution is 6.34. The highest BCUT2D eigenvalue weighted by atomic mass is 35.5. The molecule has 0 radical (unpaired) electrons. The van der Waals surface area contributed by atoms with Gasteiger partial charge in [0.15, 0.2) is 0 Å². The van der Waals surface area contributed by atoms with Crippen LogP contribution < -0.4 is 10.2 Å². The first-order valence-corrected chi connectivity index (χ1v) is 5.68. The first-order valence-electron chi connectivity index (χ1n) is 5.30. The Bertz CT molecular complexity index is 565. The van der Waals surface area contributed by atoms with Gasteiger partial charge in [0.25, 0.3) is 5.91 Å². The molecule has 1 atom stereocenters. The smallest absolute Gasteiger partial charge is 0.255 e. The molecule has 0 aliphatic carbocycles. The van der Waals surface area contributed by atoms with E-state index in [0.717, 1.165) is 0 Å². The third-order valence-corrected chi connectivity index (χ3v) is 2.99. The lowest BCUT2D eigenvalue weighted by atomic mass is 10.1. The molecule has 1 N–H and O–H groups in total. The van der Waals surface area contributed by atoms with Crippen molar-refractivity contribution in [2.75, 3.05) is 11.4 Å². The van der Waals surface area contributed by atoms with Gasteiger partial charge in [-0.2, -0.15) is 5.26 Å². The summed E-state index contributed by atoms with van der Waals surface area (Å²) in [6.07, 6.45) is 0. The van der Waals surface area contributed by atoms with Crippen LogP contribution in [0, 0.1) is 11.3 Å². The summed E-state index contributed by atoms with van der Waals surface area (Å²) < 4.78 is 0. The predicted octanol–water partition coefficient (Wildman–Crippen LogP) is 1.39. The van der Waals surface area contributed by atoms with Crippen molar-refractivity contribution in [3.63, 3.8) is 0 Å². The minimum Gasteiger partial charge on any atom is -0.341 e. The minimum atomic E-state index is -0.760. The predicted molar refractivity (Wildman–Crippen MR) is 66.0 cm³/mol. The van der Waals surface area contributed by atoms with E-state index in [9.17, 15) is 9.59 Å². The van der Waals surface area contributed by atoms with Gasteiger partial charge in [0.05, 0.1) is 16.8 Å². The third kappa shape index (κ3) is 1.91. The van der Waals surface area contributed by atoms with Crippen LogP contribution in [0.25, 0.3) is 0 Å². The van der Waals surface area contributed by atoms with Gasteiger partial charge in [-0.3, -0.25) is 14.5 Å². The van der Waals surface area contributed by atoms with Gasteiger partial charge in [0, 0.05) is 12.5 Å². The number of benzene rings is 1. The van der Waals surface area contributed by atoms with E-state index in [2.05, 4.69) is 5.32 Å². The second-order valence-corrected chi connectivity index (χ2v) is 4.30. The average Bonchev–Trinajstić information content (AvgIpc) is 2.56. The highest BCUT2D eigenvalue weighted by Crippen LogP contribution is 2.40. The van der Waals surface area contributed by atoms with Crippen LogP contribution in [-0.4, -0.2) is 18.4 Å². The lowest BCUT2D eigenvalue weighted by molar-refractivity contribution is -0.126. The maximum absolute atomic E-state index is 12.1. The third-order valence-electron chi connectivity index (χ3n) is 2.69. The van der Waals surface area contributed by atoms with E-state index < -0.39 is 6.04 Å². The molecule has 1 aromatic carbocycles. The Morgan fingerprint density at radius 3 is 2.94 bits per heavy atom. The molecule has 0 aromatic heterocycles. The quantitative estimate of drug-likeness (QED) is 0.820. The number of hydrogen-bond acceptors (Lipinski definition) is 3. The van der Waals surface area contributed by atoms with Crippen molar-refractivity contribution in [3.05, 3.63) is 28.8 Å². The normalized spacial score (nSPS) is 17.3. The number of fused-ring (bicyclic) bond motifs is 1. The summed E-state index contributed by atoms with van der Waals surface area (Å²) >= 11 is 6.05. The van der Waals surface area contributed by atoms with Crippen molar-refractivity contribution < 1.29 is 9.59 Å². The topological polar surface area (TPSA) is 73.2 Å². The van der Waals surface area contributed by atoms with Crippen LogP contribution in [0.15, 0.2) is 18.2 Å². The summed E-state index contributed by atoms with van der Waals surface area (Å²) in [5, 5.41) is 11.7. The molecule has 2 amide bonds. The minimum absolute atomic E-state index is 0.0916. The molecule has 92 valence electrons. The Kier molecular flexibility index (Phi) is 3.21. The van der Waals surface area contributed by atoms with Crippen molar-refractivity contribution in [2.45, 2.75) is 13.0 Å². The van der Waals surface area contributed by atoms with Crippen LogP contribution in [0.4, 0.5) is 5.69 Å². The summed E-state index contributed by atoms with van der Waals surface area (Å²) in [4.78, 5) is 24.6. The van der Waals surface area contributed by atoms with Gasteiger partial charge >= 0.3 is 0 Å². The van der Waals surface area contributed by atoms with Crippen molar-refractivity contribution in [2.24, 2.45) is 0 Å². The maximum Gasteiger partial charge on any atom is 0.255 e. The monoisotopic (exact) mass is 263 g/mol. The first kappa shape index (κ1) is 12.4. The summed E-state index contributed by atoms with van der Waals surface area (Å²) in [7, 11) is 0. The van der Waals surface area contributed by atoms with Crippen LogP contribution in [0.2, 0.25) is 5.02 Å². The Morgan fingerprint density at radius 1 is 1.61 bits per heavy atom. The molecule has 1 heterocycles. The highest BCUT2D eigenvalue weighted by Gasteiger charge is 2.38. The second-order valence-electron chi connectivity index (χ2n) is 3.89. The van der Waals surface area contributed by atoms with Crippen molar-refractivity contribution in [1.82, 2.24) is 5.32 Å². The fraction of sp³-hybridized carbons (Fsp3) is 0.250. The zero-order chi connectivity index (χ0) is 13.3. The Hall–Kier alpha value is -2.06.